The molecule has 1 aliphatic rings. The van der Waals surface area contributed by atoms with Crippen molar-refractivity contribution in [2.24, 2.45) is 11.7 Å². The minimum absolute atomic E-state index is 0.250. The molecule has 1 saturated heterocycles. The van der Waals surface area contributed by atoms with E-state index < -0.39 is 22.4 Å². The number of halogens is 3. The highest BCUT2D eigenvalue weighted by atomic mass is 19.4. The number of hydrogen-bond donors (Lipinski definition) is 1. The van der Waals surface area contributed by atoms with Crippen LogP contribution in [0.2, 0.25) is 0 Å². The molecule has 0 bridgehead atoms. The molecule has 1 fully saturated rings. The predicted molar refractivity (Wildman–Crippen MR) is 76.7 cm³/mol. The number of piperidine rings is 1. The number of anilines is 1. The molecule has 122 valence electrons. The van der Waals surface area contributed by atoms with Crippen molar-refractivity contribution in [1.82, 2.24) is 0 Å². The van der Waals surface area contributed by atoms with Crippen molar-refractivity contribution in [1.29, 1.82) is 0 Å². The van der Waals surface area contributed by atoms with Crippen LogP contribution in [-0.2, 0) is 6.18 Å². The van der Waals surface area contributed by atoms with Crippen molar-refractivity contribution in [3.8, 4) is 0 Å². The quantitative estimate of drug-likeness (QED) is 0.684. The Morgan fingerprint density at radius 3 is 2.73 bits per heavy atom. The number of benzene rings is 1. The first kappa shape index (κ1) is 16.5. The van der Waals surface area contributed by atoms with Crippen LogP contribution in [0.3, 0.4) is 0 Å². The lowest BCUT2D eigenvalue weighted by molar-refractivity contribution is -0.384. The molecule has 1 aromatic carbocycles. The van der Waals surface area contributed by atoms with E-state index in [4.69, 9.17) is 5.73 Å². The lowest BCUT2D eigenvalue weighted by Gasteiger charge is -2.34. The van der Waals surface area contributed by atoms with Crippen molar-refractivity contribution < 1.29 is 18.1 Å². The highest BCUT2D eigenvalue weighted by molar-refractivity contribution is 5.65. The van der Waals surface area contributed by atoms with Crippen molar-refractivity contribution in [3.05, 3.63) is 33.9 Å². The minimum atomic E-state index is -4.59. The molecule has 0 aromatic heterocycles. The number of alkyl halides is 3. The van der Waals surface area contributed by atoms with Gasteiger partial charge < -0.3 is 10.6 Å². The van der Waals surface area contributed by atoms with Gasteiger partial charge in [0.15, 0.2) is 0 Å². The topological polar surface area (TPSA) is 72.4 Å². The molecule has 1 heterocycles. The largest absolute Gasteiger partial charge is 0.416 e. The van der Waals surface area contributed by atoms with E-state index in [2.05, 4.69) is 0 Å². The average Bonchev–Trinajstić information content (AvgIpc) is 2.46. The maximum atomic E-state index is 12.7. The predicted octanol–water partition coefficient (Wildman–Crippen LogP) is 3.18. The molecular weight excluding hydrogens is 299 g/mol. The summed E-state index contributed by atoms with van der Waals surface area (Å²) < 4.78 is 38.2. The molecule has 1 atom stereocenters. The monoisotopic (exact) mass is 317 g/mol. The van der Waals surface area contributed by atoms with Crippen LogP contribution < -0.4 is 10.6 Å². The number of nitro groups is 1. The van der Waals surface area contributed by atoms with Crippen LogP contribution in [0.5, 0.6) is 0 Å². The lowest BCUT2D eigenvalue weighted by Crippen LogP contribution is -2.36. The summed E-state index contributed by atoms with van der Waals surface area (Å²) in [7, 11) is 0. The second-order valence-electron chi connectivity index (χ2n) is 5.49. The third kappa shape index (κ3) is 3.68. The summed E-state index contributed by atoms with van der Waals surface area (Å²) in [5, 5.41) is 11.1. The Bertz CT molecular complexity index is 547. The summed E-state index contributed by atoms with van der Waals surface area (Å²) in [5.41, 5.74) is 4.29. The fraction of sp³-hybridized carbons (Fsp3) is 0.571. The van der Waals surface area contributed by atoms with Crippen LogP contribution in [0, 0.1) is 16.0 Å². The Labute approximate surface area is 126 Å². The van der Waals surface area contributed by atoms with E-state index in [0.29, 0.717) is 31.6 Å². The van der Waals surface area contributed by atoms with E-state index in [9.17, 15) is 23.3 Å². The van der Waals surface area contributed by atoms with Crippen molar-refractivity contribution in [2.45, 2.75) is 25.4 Å². The van der Waals surface area contributed by atoms with E-state index >= 15 is 0 Å². The molecule has 1 unspecified atom stereocenters. The number of hydrogen-bond acceptors (Lipinski definition) is 4. The fourth-order valence-electron chi connectivity index (χ4n) is 2.87. The Hall–Kier alpha value is -1.83. The Balaban J connectivity index is 2.32. The fourth-order valence-corrected chi connectivity index (χ4v) is 2.87. The zero-order chi connectivity index (χ0) is 16.3. The number of rotatable bonds is 4. The van der Waals surface area contributed by atoms with Gasteiger partial charge in [0.25, 0.3) is 5.69 Å². The molecule has 5 nitrogen and oxygen atoms in total. The lowest BCUT2D eigenvalue weighted by atomic mass is 9.94. The zero-order valence-corrected chi connectivity index (χ0v) is 12.0. The van der Waals surface area contributed by atoms with Gasteiger partial charge in [-0.15, -0.1) is 0 Å². The van der Waals surface area contributed by atoms with Gasteiger partial charge in [-0.2, -0.15) is 13.2 Å². The molecule has 22 heavy (non-hydrogen) atoms. The summed E-state index contributed by atoms with van der Waals surface area (Å²) in [5.74, 6) is 0.320. The van der Waals surface area contributed by atoms with E-state index in [-0.39, 0.29) is 5.69 Å². The Morgan fingerprint density at radius 1 is 1.41 bits per heavy atom. The average molecular weight is 317 g/mol. The second kappa shape index (κ2) is 6.51. The molecule has 1 aliphatic heterocycles. The highest BCUT2D eigenvalue weighted by Crippen LogP contribution is 2.37. The second-order valence-corrected chi connectivity index (χ2v) is 5.49. The number of nitro benzene ring substituents is 1. The van der Waals surface area contributed by atoms with E-state index in [1.54, 1.807) is 4.90 Å². The van der Waals surface area contributed by atoms with Crippen molar-refractivity contribution >= 4 is 11.4 Å². The molecule has 0 spiro atoms. The molecular formula is C14H18F3N3O2. The van der Waals surface area contributed by atoms with Crippen molar-refractivity contribution in [2.75, 3.05) is 24.5 Å². The highest BCUT2D eigenvalue weighted by Gasteiger charge is 2.34. The van der Waals surface area contributed by atoms with Gasteiger partial charge in [-0.25, -0.2) is 0 Å². The van der Waals surface area contributed by atoms with Crippen LogP contribution in [0.15, 0.2) is 18.2 Å². The molecule has 2 rings (SSSR count). The Kier molecular flexibility index (Phi) is 4.90. The Morgan fingerprint density at radius 2 is 2.14 bits per heavy atom. The summed E-state index contributed by atoms with van der Waals surface area (Å²) >= 11 is 0. The van der Waals surface area contributed by atoms with Crippen LogP contribution in [0.1, 0.15) is 24.8 Å². The molecule has 0 radical (unpaired) electrons. The first-order valence-corrected chi connectivity index (χ1v) is 7.13. The molecule has 2 N–H and O–H groups in total. The summed E-state index contributed by atoms with van der Waals surface area (Å²) in [6.07, 6.45) is -1.94. The normalized spacial score (nSPS) is 19.3. The molecule has 0 aliphatic carbocycles. The molecule has 0 saturated carbocycles. The van der Waals surface area contributed by atoms with E-state index in [1.165, 1.54) is 6.07 Å². The minimum Gasteiger partial charge on any atom is -0.366 e. The first-order chi connectivity index (χ1) is 10.3. The van der Waals surface area contributed by atoms with Crippen LogP contribution in [0.4, 0.5) is 24.5 Å². The van der Waals surface area contributed by atoms with Crippen LogP contribution in [-0.4, -0.2) is 24.6 Å². The molecule has 0 amide bonds. The zero-order valence-electron chi connectivity index (χ0n) is 12.0. The van der Waals surface area contributed by atoms with Gasteiger partial charge in [0.05, 0.1) is 10.5 Å². The number of nitrogens with zero attached hydrogens (tertiary/aromatic N) is 2. The maximum absolute atomic E-state index is 12.7. The van der Waals surface area contributed by atoms with Gasteiger partial charge >= 0.3 is 6.18 Å². The van der Waals surface area contributed by atoms with Crippen molar-refractivity contribution in [3.63, 3.8) is 0 Å². The maximum Gasteiger partial charge on any atom is 0.416 e. The summed E-state index contributed by atoms with van der Waals surface area (Å²) in [6, 6.07) is 2.71. The van der Waals surface area contributed by atoms with E-state index in [1.807, 2.05) is 0 Å². The molecule has 1 aromatic rings. The smallest absolute Gasteiger partial charge is 0.366 e. The molecule has 8 heteroatoms. The van der Waals surface area contributed by atoms with E-state index in [0.717, 1.165) is 25.3 Å². The SMILES string of the molecule is NCCC1CCCN(c2ccc(C(F)(F)F)cc2[N+](=O)[O-])C1. The van der Waals surface area contributed by atoms with Gasteiger partial charge in [0, 0.05) is 19.2 Å². The first-order valence-electron chi connectivity index (χ1n) is 7.13. The third-order valence-corrected chi connectivity index (χ3v) is 3.93. The van der Waals surface area contributed by atoms with Gasteiger partial charge in [0.2, 0.25) is 0 Å². The van der Waals surface area contributed by atoms with Crippen LogP contribution >= 0.6 is 0 Å². The summed E-state index contributed by atoms with van der Waals surface area (Å²) in [4.78, 5) is 12.2. The van der Waals surface area contributed by atoms with Gasteiger partial charge in [-0.1, -0.05) is 0 Å². The third-order valence-electron chi connectivity index (χ3n) is 3.93. The van der Waals surface area contributed by atoms with Gasteiger partial charge in [-0.3, -0.25) is 10.1 Å². The van der Waals surface area contributed by atoms with Crippen LogP contribution in [0.25, 0.3) is 0 Å². The summed E-state index contributed by atoms with van der Waals surface area (Å²) in [6.45, 7) is 1.73. The number of nitrogens with two attached hydrogens (primary N) is 1. The standard InChI is InChI=1S/C14H18F3N3O2/c15-14(16,17)11-3-4-12(13(8-11)20(21)22)19-7-1-2-10(9-19)5-6-18/h3-4,8,10H,1-2,5-7,9,18H2. The van der Waals surface area contributed by atoms with Gasteiger partial charge in [0.1, 0.15) is 5.69 Å². The van der Waals surface area contributed by atoms with Gasteiger partial charge in [-0.05, 0) is 43.9 Å².